The number of piperidine rings is 1. The van der Waals surface area contributed by atoms with E-state index in [-0.39, 0.29) is 17.9 Å². The van der Waals surface area contributed by atoms with Gasteiger partial charge in [0.05, 0.1) is 18.9 Å². The van der Waals surface area contributed by atoms with Gasteiger partial charge in [-0.3, -0.25) is 9.48 Å². The lowest BCUT2D eigenvalue weighted by atomic mass is 9.96. The molecule has 0 aliphatic carbocycles. The summed E-state index contributed by atoms with van der Waals surface area (Å²) >= 11 is 0. The highest BCUT2D eigenvalue weighted by atomic mass is 16.5. The minimum Gasteiger partial charge on any atom is -0.377 e. The molecule has 1 amide bonds. The normalized spacial score (nSPS) is 15.8. The summed E-state index contributed by atoms with van der Waals surface area (Å²) in [4.78, 5) is 19.3. The number of likely N-dealkylation sites (tertiary alicyclic amines) is 1. The van der Waals surface area contributed by atoms with Crippen molar-refractivity contribution < 1.29 is 9.53 Å². The van der Waals surface area contributed by atoms with Gasteiger partial charge in [-0.2, -0.15) is 5.10 Å². The molecule has 1 fully saturated rings. The molecule has 7 heteroatoms. The summed E-state index contributed by atoms with van der Waals surface area (Å²) in [7, 11) is 1.90. The SMILES string of the molecule is C=N/C(=C\c1cc(-c2cnn(C)c2)ccc1C)NC(=O)C1CCN(CCOC(C)C)CC1. The Kier molecular flexibility index (Phi) is 8.36. The van der Waals surface area contributed by atoms with Crippen LogP contribution in [0.2, 0.25) is 0 Å². The Morgan fingerprint density at radius 3 is 2.72 bits per heavy atom. The van der Waals surface area contributed by atoms with Crippen molar-refractivity contribution in [1.82, 2.24) is 20.0 Å². The molecule has 1 N–H and O–H groups in total. The molecule has 0 atom stereocenters. The van der Waals surface area contributed by atoms with Crippen LogP contribution in [-0.2, 0) is 16.6 Å². The lowest BCUT2D eigenvalue weighted by Crippen LogP contribution is -2.41. The third-order valence-corrected chi connectivity index (χ3v) is 5.85. The van der Waals surface area contributed by atoms with E-state index in [0.29, 0.717) is 5.82 Å². The highest BCUT2D eigenvalue weighted by Crippen LogP contribution is 2.24. The average Bonchev–Trinajstić information content (AvgIpc) is 3.21. The molecule has 0 spiro atoms. The Labute approximate surface area is 191 Å². The van der Waals surface area contributed by atoms with Crippen molar-refractivity contribution in [2.75, 3.05) is 26.2 Å². The quantitative estimate of drug-likeness (QED) is 0.608. The maximum Gasteiger partial charge on any atom is 0.228 e. The number of aromatic nitrogens is 2. The molecule has 0 unspecified atom stereocenters. The zero-order valence-corrected chi connectivity index (χ0v) is 19.7. The number of nitrogens with zero attached hydrogens (tertiary/aromatic N) is 4. The van der Waals surface area contributed by atoms with Gasteiger partial charge in [0.25, 0.3) is 0 Å². The van der Waals surface area contributed by atoms with Gasteiger partial charge in [0.1, 0.15) is 5.82 Å². The maximum absolute atomic E-state index is 12.8. The van der Waals surface area contributed by atoms with Crippen LogP contribution >= 0.6 is 0 Å². The van der Waals surface area contributed by atoms with E-state index in [1.807, 2.05) is 46.3 Å². The second kappa shape index (κ2) is 11.2. The monoisotopic (exact) mass is 437 g/mol. The number of hydrogen-bond donors (Lipinski definition) is 1. The van der Waals surface area contributed by atoms with Crippen molar-refractivity contribution in [2.45, 2.75) is 39.7 Å². The lowest BCUT2D eigenvalue weighted by molar-refractivity contribution is -0.125. The highest BCUT2D eigenvalue weighted by molar-refractivity contribution is 5.82. The van der Waals surface area contributed by atoms with Gasteiger partial charge in [-0.25, -0.2) is 4.99 Å². The largest absolute Gasteiger partial charge is 0.377 e. The van der Waals surface area contributed by atoms with E-state index in [1.165, 1.54) is 0 Å². The summed E-state index contributed by atoms with van der Waals surface area (Å²) in [6.07, 6.45) is 7.64. The van der Waals surface area contributed by atoms with Crippen molar-refractivity contribution >= 4 is 18.7 Å². The Hall–Kier alpha value is -2.77. The van der Waals surface area contributed by atoms with E-state index in [2.05, 4.69) is 45.2 Å². The third-order valence-electron chi connectivity index (χ3n) is 5.85. The molecule has 1 aliphatic heterocycles. The molecule has 3 rings (SSSR count). The number of carbonyl (C=O) groups excluding carboxylic acids is 1. The smallest absolute Gasteiger partial charge is 0.228 e. The minimum absolute atomic E-state index is 0.00904. The first-order valence-electron chi connectivity index (χ1n) is 11.3. The molecule has 1 aromatic carbocycles. The number of amides is 1. The van der Waals surface area contributed by atoms with Gasteiger partial charge in [-0.15, -0.1) is 0 Å². The predicted molar refractivity (Wildman–Crippen MR) is 129 cm³/mol. The molecule has 1 saturated heterocycles. The van der Waals surface area contributed by atoms with Crippen LogP contribution in [0.1, 0.15) is 37.8 Å². The summed E-state index contributed by atoms with van der Waals surface area (Å²) in [6, 6.07) is 6.22. The van der Waals surface area contributed by atoms with E-state index >= 15 is 0 Å². The van der Waals surface area contributed by atoms with Crippen LogP contribution in [0, 0.1) is 12.8 Å². The van der Waals surface area contributed by atoms with Crippen LogP contribution in [0.25, 0.3) is 17.2 Å². The molecular weight excluding hydrogens is 402 g/mol. The fraction of sp³-hybridized carbons (Fsp3) is 0.480. The zero-order chi connectivity index (χ0) is 23.1. The number of rotatable bonds is 9. The topological polar surface area (TPSA) is 71.8 Å². The maximum atomic E-state index is 12.8. The van der Waals surface area contributed by atoms with Crippen molar-refractivity contribution in [2.24, 2.45) is 18.0 Å². The molecular formula is C25H35N5O2. The predicted octanol–water partition coefficient (Wildman–Crippen LogP) is 3.65. The van der Waals surface area contributed by atoms with Gasteiger partial charge in [-0.05, 0) is 82.3 Å². The van der Waals surface area contributed by atoms with Crippen molar-refractivity contribution in [3.05, 3.63) is 47.5 Å². The second-order valence-corrected chi connectivity index (χ2v) is 8.69. The summed E-state index contributed by atoms with van der Waals surface area (Å²) < 4.78 is 7.42. The summed E-state index contributed by atoms with van der Waals surface area (Å²) in [5.74, 6) is 0.488. The molecule has 2 heterocycles. The molecule has 1 aliphatic rings. The zero-order valence-electron chi connectivity index (χ0n) is 19.7. The average molecular weight is 438 g/mol. The van der Waals surface area contributed by atoms with Gasteiger partial charge in [0, 0.05) is 31.3 Å². The van der Waals surface area contributed by atoms with E-state index in [4.69, 9.17) is 4.74 Å². The van der Waals surface area contributed by atoms with E-state index < -0.39 is 0 Å². The van der Waals surface area contributed by atoms with E-state index in [1.54, 1.807) is 4.68 Å². The molecule has 0 saturated carbocycles. The summed E-state index contributed by atoms with van der Waals surface area (Å²) in [5, 5.41) is 7.23. The second-order valence-electron chi connectivity index (χ2n) is 8.69. The molecule has 172 valence electrons. The van der Waals surface area contributed by atoms with Crippen LogP contribution in [0.15, 0.2) is 41.4 Å². The Bertz CT molecular complexity index is 955. The van der Waals surface area contributed by atoms with Crippen LogP contribution < -0.4 is 5.32 Å². The number of ether oxygens (including phenoxy) is 1. The van der Waals surface area contributed by atoms with Crippen LogP contribution in [0.5, 0.6) is 0 Å². The Morgan fingerprint density at radius 1 is 1.34 bits per heavy atom. The molecule has 0 bridgehead atoms. The standard InChI is InChI=1S/C25H35N5O2/c1-18(2)32-13-12-30-10-8-20(9-11-30)25(31)28-24(26-4)15-22-14-21(7-6-19(22)3)23-16-27-29(5)17-23/h6-7,14-18,20H,4,8-13H2,1-3,5H3,(H,28,31)/b24-15+. The summed E-state index contributed by atoms with van der Waals surface area (Å²) in [5.41, 5.74) is 4.21. The summed E-state index contributed by atoms with van der Waals surface area (Å²) in [6.45, 7) is 13.3. The first kappa shape index (κ1) is 23.9. The Balaban J connectivity index is 1.60. The first-order valence-corrected chi connectivity index (χ1v) is 11.3. The van der Waals surface area contributed by atoms with Gasteiger partial charge in [0.15, 0.2) is 0 Å². The van der Waals surface area contributed by atoms with Crippen molar-refractivity contribution in [3.63, 3.8) is 0 Å². The Morgan fingerprint density at radius 2 is 2.09 bits per heavy atom. The van der Waals surface area contributed by atoms with E-state index in [0.717, 1.165) is 61.3 Å². The number of nitrogens with one attached hydrogen (secondary N) is 1. The van der Waals surface area contributed by atoms with Gasteiger partial charge >= 0.3 is 0 Å². The number of carbonyl (C=O) groups is 1. The molecule has 0 radical (unpaired) electrons. The first-order chi connectivity index (χ1) is 15.4. The van der Waals surface area contributed by atoms with E-state index in [9.17, 15) is 4.79 Å². The number of benzene rings is 1. The highest BCUT2D eigenvalue weighted by Gasteiger charge is 2.25. The van der Waals surface area contributed by atoms with Crippen LogP contribution in [0.3, 0.4) is 0 Å². The van der Waals surface area contributed by atoms with Crippen molar-refractivity contribution in [3.8, 4) is 11.1 Å². The van der Waals surface area contributed by atoms with Gasteiger partial charge in [0.2, 0.25) is 5.91 Å². The van der Waals surface area contributed by atoms with Gasteiger partial charge < -0.3 is 15.0 Å². The van der Waals surface area contributed by atoms with Crippen LogP contribution in [0.4, 0.5) is 0 Å². The number of hydrogen-bond acceptors (Lipinski definition) is 5. The third kappa shape index (κ3) is 6.61. The molecule has 2 aromatic rings. The number of aliphatic imine (C=N–C) groups is 1. The van der Waals surface area contributed by atoms with Crippen LogP contribution in [-0.4, -0.2) is 59.7 Å². The molecule has 1 aromatic heterocycles. The number of aryl methyl sites for hydroxylation is 2. The molecule has 32 heavy (non-hydrogen) atoms. The van der Waals surface area contributed by atoms with Crippen molar-refractivity contribution in [1.29, 1.82) is 0 Å². The lowest BCUT2D eigenvalue weighted by Gasteiger charge is -2.31. The van der Waals surface area contributed by atoms with Gasteiger partial charge in [-0.1, -0.05) is 12.1 Å². The minimum atomic E-state index is -0.00904. The fourth-order valence-electron chi connectivity index (χ4n) is 3.88. The molecule has 7 nitrogen and oxygen atoms in total. The fourth-order valence-corrected chi connectivity index (χ4v) is 3.88.